The molecular formula is C15H16F3N3O2S. The average Bonchev–Trinajstić information content (AvgIpc) is 3.13. The van der Waals surface area contributed by atoms with Crippen LogP contribution in [-0.2, 0) is 30.4 Å². The predicted octanol–water partition coefficient (Wildman–Crippen LogP) is 2.21. The van der Waals surface area contributed by atoms with E-state index in [4.69, 9.17) is 0 Å². The smallest absolute Gasteiger partial charge is 0.374 e. The van der Waals surface area contributed by atoms with Gasteiger partial charge in [-0.1, -0.05) is 0 Å². The molecule has 1 N–H and O–H groups in total. The molecule has 2 aromatic rings. The Bertz CT molecular complexity index is 755. The number of aryl methyl sites for hydroxylation is 1. The van der Waals surface area contributed by atoms with Crippen LogP contribution in [0.4, 0.5) is 13.2 Å². The van der Waals surface area contributed by atoms with Gasteiger partial charge in [-0.2, -0.15) is 13.2 Å². The fourth-order valence-electron chi connectivity index (χ4n) is 2.86. The van der Waals surface area contributed by atoms with E-state index in [1.807, 2.05) is 11.4 Å². The van der Waals surface area contributed by atoms with Gasteiger partial charge in [0.25, 0.3) is 0 Å². The molecule has 9 heteroatoms. The quantitative estimate of drug-likeness (QED) is 0.914. The first kappa shape index (κ1) is 17.0. The van der Waals surface area contributed by atoms with E-state index in [1.54, 1.807) is 11.3 Å². The highest BCUT2D eigenvalue weighted by Crippen LogP contribution is 2.41. The number of nitrogens with zero attached hydrogens (tertiary/aromatic N) is 3. The molecule has 5 nitrogen and oxygen atoms in total. The lowest BCUT2D eigenvalue weighted by Crippen LogP contribution is -2.49. The second-order valence-electron chi connectivity index (χ2n) is 5.83. The highest BCUT2D eigenvalue weighted by Gasteiger charge is 2.59. The fourth-order valence-corrected chi connectivity index (χ4v) is 3.75. The Morgan fingerprint density at radius 1 is 1.46 bits per heavy atom. The molecule has 0 bridgehead atoms. The molecule has 3 rings (SSSR count). The van der Waals surface area contributed by atoms with E-state index in [2.05, 4.69) is 4.98 Å². The minimum atomic E-state index is -5.01. The first-order chi connectivity index (χ1) is 11.2. The Labute approximate surface area is 140 Å². The van der Waals surface area contributed by atoms with Crippen LogP contribution in [0.25, 0.3) is 0 Å². The number of aromatic nitrogens is 2. The van der Waals surface area contributed by atoms with E-state index >= 15 is 0 Å². The molecule has 3 heterocycles. The fraction of sp³-hybridized carbons (Fsp3) is 0.467. The normalized spacial score (nSPS) is 17.5. The van der Waals surface area contributed by atoms with Gasteiger partial charge in [0, 0.05) is 37.4 Å². The third-order valence-electron chi connectivity index (χ3n) is 4.23. The lowest BCUT2D eigenvalue weighted by molar-refractivity contribution is -0.272. The Morgan fingerprint density at radius 3 is 2.83 bits per heavy atom. The second-order valence-corrected chi connectivity index (χ2v) is 6.83. The van der Waals surface area contributed by atoms with Crippen molar-refractivity contribution in [2.45, 2.75) is 31.2 Å². The molecule has 2 aromatic heterocycles. The van der Waals surface area contributed by atoms with E-state index in [0.29, 0.717) is 13.0 Å². The molecule has 0 saturated carbocycles. The Balaban J connectivity index is 1.84. The van der Waals surface area contributed by atoms with Crippen molar-refractivity contribution in [3.63, 3.8) is 0 Å². The number of hydrogen-bond donors (Lipinski definition) is 1. The first-order valence-corrected chi connectivity index (χ1v) is 8.20. The summed E-state index contributed by atoms with van der Waals surface area (Å²) in [6, 6.07) is 1.87. The zero-order valence-corrected chi connectivity index (χ0v) is 13.7. The molecule has 0 radical (unpaired) electrons. The van der Waals surface area contributed by atoms with Crippen molar-refractivity contribution in [1.29, 1.82) is 0 Å². The summed E-state index contributed by atoms with van der Waals surface area (Å²) in [4.78, 5) is 18.5. The molecule has 0 aromatic carbocycles. The number of carbonyl (C=O) groups is 1. The van der Waals surface area contributed by atoms with Crippen LogP contribution in [0.2, 0.25) is 0 Å². The van der Waals surface area contributed by atoms with Crippen LogP contribution in [-0.4, -0.2) is 38.2 Å². The van der Waals surface area contributed by atoms with Crippen molar-refractivity contribution >= 4 is 17.2 Å². The van der Waals surface area contributed by atoms with Crippen LogP contribution in [0.15, 0.2) is 23.8 Å². The molecule has 0 fully saturated rings. The summed E-state index contributed by atoms with van der Waals surface area (Å²) in [5.74, 6) is -1.33. The number of halogens is 3. The Hall–Kier alpha value is -1.87. The third-order valence-corrected chi connectivity index (χ3v) is 5.25. The SMILES string of the molecule is Cn1ccnc1[C@](O)(CC(=O)N1CCc2sccc2C1)C(F)(F)F. The number of imidazole rings is 1. The number of rotatable bonds is 3. The maximum Gasteiger partial charge on any atom is 0.425 e. The highest BCUT2D eigenvalue weighted by atomic mass is 32.1. The first-order valence-electron chi connectivity index (χ1n) is 7.32. The number of thiophene rings is 1. The molecule has 24 heavy (non-hydrogen) atoms. The van der Waals surface area contributed by atoms with Crippen molar-refractivity contribution in [3.8, 4) is 0 Å². The van der Waals surface area contributed by atoms with Gasteiger partial charge in [-0.25, -0.2) is 4.98 Å². The monoisotopic (exact) mass is 359 g/mol. The number of hydrogen-bond acceptors (Lipinski definition) is 4. The molecule has 0 spiro atoms. The molecule has 0 aliphatic carbocycles. The summed E-state index contributed by atoms with van der Waals surface area (Å²) in [6.45, 7) is 0.618. The summed E-state index contributed by atoms with van der Waals surface area (Å²) in [6.07, 6.45) is -3.01. The second kappa shape index (κ2) is 5.89. The van der Waals surface area contributed by atoms with E-state index < -0.39 is 29.9 Å². The Morgan fingerprint density at radius 2 is 2.21 bits per heavy atom. The molecule has 1 aliphatic heterocycles. The molecule has 1 amide bonds. The number of carbonyl (C=O) groups excluding carboxylic acids is 1. The van der Waals surface area contributed by atoms with E-state index in [1.165, 1.54) is 18.1 Å². The van der Waals surface area contributed by atoms with Gasteiger partial charge in [0.05, 0.1) is 6.42 Å². The van der Waals surface area contributed by atoms with E-state index in [0.717, 1.165) is 21.2 Å². The van der Waals surface area contributed by atoms with Crippen LogP contribution in [0.5, 0.6) is 0 Å². The molecule has 1 atom stereocenters. The highest BCUT2D eigenvalue weighted by molar-refractivity contribution is 7.10. The topological polar surface area (TPSA) is 58.4 Å². The van der Waals surface area contributed by atoms with Crippen molar-refractivity contribution in [3.05, 3.63) is 40.1 Å². The number of aliphatic hydroxyl groups is 1. The summed E-state index contributed by atoms with van der Waals surface area (Å²) >= 11 is 1.58. The predicted molar refractivity (Wildman–Crippen MR) is 81.2 cm³/mol. The molecule has 0 saturated heterocycles. The zero-order chi connectivity index (χ0) is 17.5. The van der Waals surface area contributed by atoms with Crippen LogP contribution in [0, 0.1) is 0 Å². The van der Waals surface area contributed by atoms with Gasteiger partial charge in [-0.3, -0.25) is 4.79 Å². The molecule has 130 valence electrons. The Kier molecular flexibility index (Phi) is 4.16. The van der Waals surface area contributed by atoms with Gasteiger partial charge in [-0.15, -0.1) is 11.3 Å². The van der Waals surface area contributed by atoms with Crippen LogP contribution in [0.1, 0.15) is 22.7 Å². The zero-order valence-electron chi connectivity index (χ0n) is 12.9. The lowest BCUT2D eigenvalue weighted by Gasteiger charge is -2.33. The van der Waals surface area contributed by atoms with E-state index in [9.17, 15) is 23.1 Å². The van der Waals surface area contributed by atoms with Gasteiger partial charge in [0.15, 0.2) is 5.82 Å². The van der Waals surface area contributed by atoms with Crippen molar-refractivity contribution in [2.24, 2.45) is 7.05 Å². The largest absolute Gasteiger partial charge is 0.425 e. The van der Waals surface area contributed by atoms with Crippen LogP contribution in [0.3, 0.4) is 0 Å². The number of fused-ring (bicyclic) bond motifs is 1. The van der Waals surface area contributed by atoms with Gasteiger partial charge >= 0.3 is 6.18 Å². The van der Waals surface area contributed by atoms with E-state index in [-0.39, 0.29) is 6.54 Å². The third kappa shape index (κ3) is 2.82. The standard InChI is InChI=1S/C15H16F3N3O2S/c1-20-6-4-19-13(20)14(23,15(16,17)18)8-12(22)21-5-2-11-10(9-21)3-7-24-11/h3-4,6-7,23H,2,5,8-9H2,1H3/t14-/m1/s1. The van der Waals surface area contributed by atoms with Gasteiger partial charge in [0.1, 0.15) is 0 Å². The molecule has 0 unspecified atom stereocenters. The van der Waals surface area contributed by atoms with Crippen molar-refractivity contribution in [1.82, 2.24) is 14.5 Å². The molecular weight excluding hydrogens is 343 g/mol. The van der Waals surface area contributed by atoms with Gasteiger partial charge in [-0.05, 0) is 23.4 Å². The van der Waals surface area contributed by atoms with Crippen LogP contribution >= 0.6 is 11.3 Å². The van der Waals surface area contributed by atoms with Gasteiger partial charge < -0.3 is 14.6 Å². The molecule has 1 aliphatic rings. The van der Waals surface area contributed by atoms with Crippen molar-refractivity contribution in [2.75, 3.05) is 6.54 Å². The maximum absolute atomic E-state index is 13.5. The van der Waals surface area contributed by atoms with Crippen LogP contribution < -0.4 is 0 Å². The van der Waals surface area contributed by atoms with Crippen molar-refractivity contribution < 1.29 is 23.1 Å². The minimum Gasteiger partial charge on any atom is -0.374 e. The summed E-state index contributed by atoms with van der Waals surface area (Å²) < 4.78 is 41.6. The lowest BCUT2D eigenvalue weighted by atomic mass is 9.96. The number of alkyl halides is 3. The van der Waals surface area contributed by atoms with Gasteiger partial charge in [0.2, 0.25) is 11.5 Å². The summed E-state index contributed by atoms with van der Waals surface area (Å²) in [7, 11) is 1.35. The minimum absolute atomic E-state index is 0.270. The summed E-state index contributed by atoms with van der Waals surface area (Å²) in [5, 5.41) is 12.2. The maximum atomic E-state index is 13.5. The average molecular weight is 359 g/mol. The number of amides is 1. The summed E-state index contributed by atoms with van der Waals surface area (Å²) in [5.41, 5.74) is -2.36.